The number of ketones is 1. The Morgan fingerprint density at radius 3 is 2.64 bits per heavy atom. The lowest BCUT2D eigenvalue weighted by atomic mass is 10.1. The zero-order valence-electron chi connectivity index (χ0n) is 13.3. The van der Waals surface area contributed by atoms with Crippen LogP contribution in [0.25, 0.3) is 6.08 Å². The van der Waals surface area contributed by atoms with Crippen molar-refractivity contribution in [2.75, 3.05) is 25.1 Å². The summed E-state index contributed by atoms with van der Waals surface area (Å²) in [4.78, 5) is 23.8. The number of nitrogens with one attached hydrogen (secondary N) is 1. The number of carbonyl (C=O) groups is 2. The van der Waals surface area contributed by atoms with E-state index in [0.717, 1.165) is 5.56 Å². The molecule has 0 saturated carbocycles. The van der Waals surface area contributed by atoms with Gasteiger partial charge in [-0.05, 0) is 42.0 Å². The van der Waals surface area contributed by atoms with Crippen LogP contribution in [-0.4, -0.2) is 31.5 Å². The Balaban J connectivity index is 1.53. The molecule has 0 atom stereocenters. The summed E-state index contributed by atoms with van der Waals surface area (Å²) in [6.45, 7) is 1.05. The number of hydrogen-bond acceptors (Lipinski definition) is 5. The van der Waals surface area contributed by atoms with Gasteiger partial charge in [-0.15, -0.1) is 0 Å². The molecule has 6 heteroatoms. The topological polar surface area (TPSA) is 73.9 Å². The van der Waals surface area contributed by atoms with Gasteiger partial charge in [-0.3, -0.25) is 9.59 Å². The summed E-state index contributed by atoms with van der Waals surface area (Å²) < 4.78 is 16.3. The molecule has 2 aliphatic rings. The predicted octanol–water partition coefficient (Wildman–Crippen LogP) is 2.68. The van der Waals surface area contributed by atoms with Crippen LogP contribution in [0.4, 0.5) is 5.69 Å². The van der Waals surface area contributed by atoms with E-state index in [1.807, 2.05) is 18.2 Å². The molecule has 0 unspecified atom stereocenters. The second kappa shape index (κ2) is 6.32. The average Bonchev–Trinajstić information content (AvgIpc) is 2.65. The van der Waals surface area contributed by atoms with Gasteiger partial charge < -0.3 is 19.5 Å². The number of carbonyl (C=O) groups excluding carboxylic acids is 2. The molecule has 2 aromatic carbocycles. The minimum atomic E-state index is -0.232. The van der Waals surface area contributed by atoms with Crippen LogP contribution < -0.4 is 19.5 Å². The van der Waals surface area contributed by atoms with Gasteiger partial charge in [0, 0.05) is 5.56 Å². The highest BCUT2D eigenvalue weighted by Crippen LogP contribution is 2.31. The van der Waals surface area contributed by atoms with Crippen molar-refractivity contribution in [3.05, 3.63) is 53.6 Å². The molecule has 0 bridgehead atoms. The third-order valence-electron chi connectivity index (χ3n) is 3.89. The Bertz CT molecular complexity index is 887. The predicted molar refractivity (Wildman–Crippen MR) is 91.4 cm³/mol. The highest BCUT2D eigenvalue weighted by atomic mass is 16.6. The van der Waals surface area contributed by atoms with Crippen molar-refractivity contribution in [1.82, 2.24) is 0 Å². The van der Waals surface area contributed by atoms with Gasteiger partial charge in [0.2, 0.25) is 0 Å². The summed E-state index contributed by atoms with van der Waals surface area (Å²) >= 11 is 0. The normalized spacial score (nSPS) is 15.3. The third kappa shape index (κ3) is 3.19. The van der Waals surface area contributed by atoms with Crippen LogP contribution in [0, 0.1) is 0 Å². The number of amides is 1. The van der Waals surface area contributed by atoms with E-state index in [1.54, 1.807) is 24.3 Å². The molecule has 0 radical (unpaired) electrons. The molecule has 2 heterocycles. The molecule has 6 nitrogen and oxygen atoms in total. The van der Waals surface area contributed by atoms with Gasteiger partial charge in [0.1, 0.15) is 19.0 Å². The SMILES string of the molecule is O=C1COc2ccc(C(=O)C=Cc3ccc4c(c3)OCCO4)cc2N1. The standard InChI is InChI=1S/C19H15NO5/c21-15(13-3-6-16-14(10-13)20-19(22)11-25-16)4-1-12-2-5-17-18(9-12)24-8-7-23-17/h1-6,9-10H,7-8,11H2,(H,20,22). The first-order valence-corrected chi connectivity index (χ1v) is 7.88. The molecule has 25 heavy (non-hydrogen) atoms. The fraction of sp³-hybridized carbons (Fsp3) is 0.158. The lowest BCUT2D eigenvalue weighted by molar-refractivity contribution is -0.118. The van der Waals surface area contributed by atoms with Gasteiger partial charge in [0.25, 0.3) is 5.91 Å². The zero-order chi connectivity index (χ0) is 17.2. The summed E-state index contributed by atoms with van der Waals surface area (Å²) in [6, 6.07) is 10.5. The van der Waals surface area contributed by atoms with E-state index in [0.29, 0.717) is 41.7 Å². The molecular weight excluding hydrogens is 322 g/mol. The van der Waals surface area contributed by atoms with Gasteiger partial charge in [-0.25, -0.2) is 0 Å². The minimum absolute atomic E-state index is 0.00961. The lowest BCUT2D eigenvalue weighted by Gasteiger charge is -2.18. The summed E-state index contributed by atoms with van der Waals surface area (Å²) in [6.07, 6.45) is 3.20. The molecule has 4 rings (SSSR count). The Morgan fingerprint density at radius 2 is 1.76 bits per heavy atom. The van der Waals surface area contributed by atoms with Crippen LogP contribution in [0.3, 0.4) is 0 Å². The fourth-order valence-corrected chi connectivity index (χ4v) is 2.67. The lowest BCUT2D eigenvalue weighted by Crippen LogP contribution is -2.25. The molecule has 0 saturated heterocycles. The smallest absolute Gasteiger partial charge is 0.262 e. The number of hydrogen-bond donors (Lipinski definition) is 1. The highest BCUT2D eigenvalue weighted by Gasteiger charge is 2.17. The average molecular weight is 337 g/mol. The monoisotopic (exact) mass is 337 g/mol. The Hall–Kier alpha value is -3.28. The number of rotatable bonds is 3. The maximum atomic E-state index is 12.4. The van der Waals surface area contributed by atoms with Crippen LogP contribution in [0.2, 0.25) is 0 Å². The number of ether oxygens (including phenoxy) is 3. The van der Waals surface area contributed by atoms with E-state index in [-0.39, 0.29) is 18.3 Å². The van der Waals surface area contributed by atoms with Crippen molar-refractivity contribution in [3.63, 3.8) is 0 Å². The third-order valence-corrected chi connectivity index (χ3v) is 3.89. The van der Waals surface area contributed by atoms with E-state index in [4.69, 9.17) is 14.2 Å². The second-order valence-electron chi connectivity index (χ2n) is 5.65. The Kier molecular flexibility index (Phi) is 3.85. The molecule has 2 aromatic rings. The molecule has 0 spiro atoms. The quantitative estimate of drug-likeness (QED) is 0.688. The molecular formula is C19H15NO5. The van der Waals surface area contributed by atoms with Crippen molar-refractivity contribution in [3.8, 4) is 17.2 Å². The van der Waals surface area contributed by atoms with Crippen LogP contribution in [0.5, 0.6) is 17.2 Å². The number of allylic oxidation sites excluding steroid dienone is 1. The van der Waals surface area contributed by atoms with Gasteiger partial charge in [-0.1, -0.05) is 12.1 Å². The first-order valence-electron chi connectivity index (χ1n) is 7.88. The largest absolute Gasteiger partial charge is 0.486 e. The number of benzene rings is 2. The van der Waals surface area contributed by atoms with Crippen molar-refractivity contribution >= 4 is 23.5 Å². The first-order chi connectivity index (χ1) is 12.2. The maximum absolute atomic E-state index is 12.4. The van der Waals surface area contributed by atoms with Crippen LogP contribution in [-0.2, 0) is 4.79 Å². The van der Waals surface area contributed by atoms with Crippen molar-refractivity contribution < 1.29 is 23.8 Å². The van der Waals surface area contributed by atoms with Gasteiger partial charge in [-0.2, -0.15) is 0 Å². The van der Waals surface area contributed by atoms with Gasteiger partial charge >= 0.3 is 0 Å². The number of anilines is 1. The summed E-state index contributed by atoms with van der Waals surface area (Å²) in [7, 11) is 0. The van der Waals surface area contributed by atoms with Gasteiger partial charge in [0.15, 0.2) is 23.9 Å². The first kappa shape index (κ1) is 15.3. The summed E-state index contributed by atoms with van der Waals surface area (Å²) in [5.41, 5.74) is 1.82. The summed E-state index contributed by atoms with van der Waals surface area (Å²) in [5, 5.41) is 2.69. The molecule has 2 aliphatic heterocycles. The van der Waals surface area contributed by atoms with E-state index < -0.39 is 0 Å². The van der Waals surface area contributed by atoms with Gasteiger partial charge in [0.05, 0.1) is 5.69 Å². The zero-order valence-corrected chi connectivity index (χ0v) is 13.3. The molecule has 126 valence electrons. The Morgan fingerprint density at radius 1 is 0.960 bits per heavy atom. The number of fused-ring (bicyclic) bond motifs is 2. The second-order valence-corrected chi connectivity index (χ2v) is 5.65. The molecule has 0 aromatic heterocycles. The van der Waals surface area contributed by atoms with E-state index in [2.05, 4.69) is 5.32 Å². The maximum Gasteiger partial charge on any atom is 0.262 e. The highest BCUT2D eigenvalue weighted by molar-refractivity contribution is 6.08. The fourth-order valence-electron chi connectivity index (χ4n) is 2.67. The van der Waals surface area contributed by atoms with Crippen LogP contribution >= 0.6 is 0 Å². The summed E-state index contributed by atoms with van der Waals surface area (Å²) in [5.74, 6) is 1.54. The van der Waals surface area contributed by atoms with Crippen molar-refractivity contribution in [1.29, 1.82) is 0 Å². The molecule has 1 N–H and O–H groups in total. The van der Waals surface area contributed by atoms with Crippen molar-refractivity contribution in [2.24, 2.45) is 0 Å². The molecule has 0 fully saturated rings. The van der Waals surface area contributed by atoms with Crippen molar-refractivity contribution in [2.45, 2.75) is 0 Å². The van der Waals surface area contributed by atoms with E-state index in [9.17, 15) is 9.59 Å². The van der Waals surface area contributed by atoms with Crippen LogP contribution in [0.15, 0.2) is 42.5 Å². The Labute approximate surface area is 144 Å². The molecule has 0 aliphatic carbocycles. The minimum Gasteiger partial charge on any atom is -0.486 e. The van der Waals surface area contributed by atoms with E-state index in [1.165, 1.54) is 6.08 Å². The van der Waals surface area contributed by atoms with E-state index >= 15 is 0 Å². The van der Waals surface area contributed by atoms with Crippen LogP contribution in [0.1, 0.15) is 15.9 Å². The molecule has 1 amide bonds.